The van der Waals surface area contributed by atoms with Gasteiger partial charge in [0.25, 0.3) is 5.91 Å². The maximum absolute atomic E-state index is 12.5. The van der Waals surface area contributed by atoms with Gasteiger partial charge in [0.05, 0.1) is 22.2 Å². The highest BCUT2D eigenvalue weighted by Crippen LogP contribution is 2.25. The van der Waals surface area contributed by atoms with Crippen molar-refractivity contribution in [1.29, 1.82) is 0 Å². The second-order valence-corrected chi connectivity index (χ2v) is 6.37. The van der Waals surface area contributed by atoms with Gasteiger partial charge in [-0.05, 0) is 43.2 Å². The molecule has 2 aromatic rings. The molecule has 1 N–H and O–H groups in total. The van der Waals surface area contributed by atoms with Gasteiger partial charge in [0.15, 0.2) is 0 Å². The third-order valence-corrected chi connectivity index (χ3v) is 4.41. The van der Waals surface area contributed by atoms with Crippen molar-refractivity contribution in [3.63, 3.8) is 0 Å². The topological polar surface area (TPSA) is 49.4 Å². The molecule has 0 aliphatic rings. The molecule has 0 saturated carbocycles. The fourth-order valence-corrected chi connectivity index (χ4v) is 2.82. The number of carbonyl (C=O) groups is 2. The van der Waals surface area contributed by atoms with Gasteiger partial charge in [0, 0.05) is 12.7 Å². The highest BCUT2D eigenvalue weighted by Gasteiger charge is 2.20. The van der Waals surface area contributed by atoms with Crippen LogP contribution in [0.4, 0.5) is 5.69 Å². The summed E-state index contributed by atoms with van der Waals surface area (Å²) in [6, 6.07) is 10.5. The SMILES string of the molecule is Cc1cccc(NC(=O)CN(C)C(=O)c2c(Cl)cccc2Cl)c1C. The highest BCUT2D eigenvalue weighted by molar-refractivity contribution is 6.39. The van der Waals surface area contributed by atoms with Gasteiger partial charge in [-0.1, -0.05) is 41.4 Å². The summed E-state index contributed by atoms with van der Waals surface area (Å²) in [6.07, 6.45) is 0. The van der Waals surface area contributed by atoms with Crippen LogP contribution in [-0.4, -0.2) is 30.3 Å². The molecule has 6 heteroatoms. The van der Waals surface area contributed by atoms with E-state index in [1.54, 1.807) is 18.2 Å². The molecule has 0 spiro atoms. The van der Waals surface area contributed by atoms with E-state index in [2.05, 4.69) is 5.32 Å². The minimum atomic E-state index is -0.401. The number of likely N-dealkylation sites (N-methyl/N-ethyl adjacent to an activating group) is 1. The molecule has 0 heterocycles. The van der Waals surface area contributed by atoms with E-state index in [4.69, 9.17) is 23.2 Å². The first-order chi connectivity index (χ1) is 11.3. The molecule has 0 bridgehead atoms. The Morgan fingerprint density at radius 3 is 2.25 bits per heavy atom. The molecule has 2 aromatic carbocycles. The number of amides is 2. The quantitative estimate of drug-likeness (QED) is 0.877. The Labute approximate surface area is 151 Å². The molecule has 126 valence electrons. The van der Waals surface area contributed by atoms with Crippen LogP contribution in [0.5, 0.6) is 0 Å². The molecule has 2 amide bonds. The zero-order valence-corrected chi connectivity index (χ0v) is 15.2. The number of hydrogen-bond acceptors (Lipinski definition) is 2. The number of hydrogen-bond donors (Lipinski definition) is 1. The largest absolute Gasteiger partial charge is 0.332 e. The van der Waals surface area contributed by atoms with Crippen LogP contribution in [0.1, 0.15) is 21.5 Å². The highest BCUT2D eigenvalue weighted by atomic mass is 35.5. The third-order valence-electron chi connectivity index (χ3n) is 3.78. The standard InChI is InChI=1S/C18H18Cl2N2O2/c1-11-6-4-9-15(12(11)2)21-16(23)10-22(3)18(24)17-13(19)7-5-8-14(17)20/h4-9H,10H2,1-3H3,(H,21,23). The number of benzene rings is 2. The lowest BCUT2D eigenvalue weighted by Crippen LogP contribution is -2.35. The zero-order chi connectivity index (χ0) is 17.9. The van der Waals surface area contributed by atoms with Crippen molar-refractivity contribution in [2.75, 3.05) is 18.9 Å². The Balaban J connectivity index is 2.09. The summed E-state index contributed by atoms with van der Waals surface area (Å²) in [5.74, 6) is -0.690. The van der Waals surface area contributed by atoms with Crippen LogP contribution in [0, 0.1) is 13.8 Å². The minimum Gasteiger partial charge on any atom is -0.332 e. The smallest absolute Gasteiger partial charge is 0.257 e. The average Bonchev–Trinajstić information content (AvgIpc) is 2.51. The van der Waals surface area contributed by atoms with Gasteiger partial charge in [-0.2, -0.15) is 0 Å². The van der Waals surface area contributed by atoms with Gasteiger partial charge in [0.2, 0.25) is 5.91 Å². The maximum Gasteiger partial charge on any atom is 0.257 e. The molecule has 0 saturated heterocycles. The molecule has 0 aliphatic carbocycles. The number of carbonyl (C=O) groups excluding carboxylic acids is 2. The van der Waals surface area contributed by atoms with E-state index < -0.39 is 5.91 Å². The molecule has 0 aromatic heterocycles. The molecule has 0 aliphatic heterocycles. The third kappa shape index (κ3) is 4.08. The Hall–Kier alpha value is -2.04. The lowest BCUT2D eigenvalue weighted by molar-refractivity contribution is -0.116. The summed E-state index contributed by atoms with van der Waals surface area (Å²) in [4.78, 5) is 26.0. The molecule has 0 unspecified atom stereocenters. The van der Waals surface area contributed by atoms with Gasteiger partial charge in [-0.15, -0.1) is 0 Å². The summed E-state index contributed by atoms with van der Waals surface area (Å²) in [7, 11) is 1.53. The van der Waals surface area contributed by atoms with Crippen LogP contribution in [0.15, 0.2) is 36.4 Å². The number of aryl methyl sites for hydroxylation is 1. The summed E-state index contributed by atoms with van der Waals surface area (Å²) in [5.41, 5.74) is 3.01. The first-order valence-corrected chi connectivity index (χ1v) is 8.12. The van der Waals surface area contributed by atoms with Crippen molar-refractivity contribution >= 4 is 40.7 Å². The number of anilines is 1. The molecule has 4 nitrogen and oxygen atoms in total. The molecule has 0 radical (unpaired) electrons. The summed E-state index contributed by atoms with van der Waals surface area (Å²) in [6.45, 7) is 3.80. The fourth-order valence-electron chi connectivity index (χ4n) is 2.26. The van der Waals surface area contributed by atoms with Gasteiger partial charge < -0.3 is 10.2 Å². The molecule has 24 heavy (non-hydrogen) atoms. The minimum absolute atomic E-state index is 0.103. The number of nitrogens with zero attached hydrogens (tertiary/aromatic N) is 1. The van der Waals surface area contributed by atoms with E-state index in [0.717, 1.165) is 16.8 Å². The van der Waals surface area contributed by atoms with Crippen molar-refractivity contribution in [2.45, 2.75) is 13.8 Å². The number of nitrogens with one attached hydrogen (secondary N) is 1. The van der Waals surface area contributed by atoms with Crippen molar-refractivity contribution in [1.82, 2.24) is 4.90 Å². The maximum atomic E-state index is 12.5. The van der Waals surface area contributed by atoms with Crippen molar-refractivity contribution in [3.05, 3.63) is 63.1 Å². The van der Waals surface area contributed by atoms with Crippen LogP contribution >= 0.6 is 23.2 Å². The number of halogens is 2. The van der Waals surface area contributed by atoms with E-state index in [-0.39, 0.29) is 28.1 Å². The molecule has 0 fully saturated rings. The monoisotopic (exact) mass is 364 g/mol. The Bertz CT molecular complexity index is 770. The Morgan fingerprint density at radius 2 is 1.62 bits per heavy atom. The van der Waals surface area contributed by atoms with E-state index in [1.807, 2.05) is 32.0 Å². The summed E-state index contributed by atoms with van der Waals surface area (Å²) < 4.78 is 0. The van der Waals surface area contributed by atoms with Crippen molar-refractivity contribution in [2.24, 2.45) is 0 Å². The van der Waals surface area contributed by atoms with E-state index in [0.29, 0.717) is 0 Å². The summed E-state index contributed by atoms with van der Waals surface area (Å²) >= 11 is 12.1. The zero-order valence-electron chi connectivity index (χ0n) is 13.7. The molecular formula is C18H18Cl2N2O2. The predicted molar refractivity (Wildman–Crippen MR) is 98.0 cm³/mol. The van der Waals surface area contributed by atoms with Crippen LogP contribution in [-0.2, 0) is 4.79 Å². The first-order valence-electron chi connectivity index (χ1n) is 7.36. The van der Waals surface area contributed by atoms with Crippen LogP contribution < -0.4 is 5.32 Å². The average molecular weight is 365 g/mol. The van der Waals surface area contributed by atoms with Gasteiger partial charge in [-0.3, -0.25) is 9.59 Å². The van der Waals surface area contributed by atoms with Crippen LogP contribution in [0.25, 0.3) is 0 Å². The van der Waals surface area contributed by atoms with Gasteiger partial charge in [-0.25, -0.2) is 0 Å². The molecular weight excluding hydrogens is 347 g/mol. The van der Waals surface area contributed by atoms with Crippen LogP contribution in [0.2, 0.25) is 10.0 Å². The first kappa shape index (κ1) is 18.3. The van der Waals surface area contributed by atoms with E-state index >= 15 is 0 Å². The van der Waals surface area contributed by atoms with Gasteiger partial charge in [0.1, 0.15) is 0 Å². The normalized spacial score (nSPS) is 10.4. The Morgan fingerprint density at radius 1 is 1.04 bits per heavy atom. The lowest BCUT2D eigenvalue weighted by Gasteiger charge is -2.19. The van der Waals surface area contributed by atoms with Crippen LogP contribution in [0.3, 0.4) is 0 Å². The number of rotatable bonds is 4. The van der Waals surface area contributed by atoms with E-state index in [1.165, 1.54) is 11.9 Å². The second-order valence-electron chi connectivity index (χ2n) is 5.55. The fraction of sp³-hybridized carbons (Fsp3) is 0.222. The lowest BCUT2D eigenvalue weighted by atomic mass is 10.1. The Kier molecular flexibility index (Phi) is 5.86. The van der Waals surface area contributed by atoms with Gasteiger partial charge >= 0.3 is 0 Å². The predicted octanol–water partition coefficient (Wildman–Crippen LogP) is 4.32. The summed E-state index contributed by atoms with van der Waals surface area (Å²) in [5, 5.41) is 3.34. The van der Waals surface area contributed by atoms with E-state index in [9.17, 15) is 9.59 Å². The molecule has 0 atom stereocenters. The molecule has 2 rings (SSSR count). The van der Waals surface area contributed by atoms with Crippen molar-refractivity contribution < 1.29 is 9.59 Å². The van der Waals surface area contributed by atoms with Crippen molar-refractivity contribution in [3.8, 4) is 0 Å². The second kappa shape index (κ2) is 7.69.